The molecular formula is C8H15BO. The third-order valence-corrected chi connectivity index (χ3v) is 2.38. The lowest BCUT2D eigenvalue weighted by Gasteiger charge is -2.05. The van der Waals surface area contributed by atoms with Crippen LogP contribution in [-0.4, -0.2) is 13.5 Å². The average molecular weight is 138 g/mol. The fraction of sp³-hybridized carbons (Fsp3) is 0.875. The van der Waals surface area contributed by atoms with E-state index in [1.807, 2.05) is 0 Å². The van der Waals surface area contributed by atoms with E-state index in [-0.39, 0.29) is 0 Å². The molecular weight excluding hydrogens is 123 g/mol. The fourth-order valence-corrected chi connectivity index (χ4v) is 1.71. The molecule has 0 aromatic heterocycles. The molecule has 0 atom stereocenters. The normalized spacial score (nSPS) is 19.6. The fourth-order valence-electron chi connectivity index (χ4n) is 1.71. The van der Waals surface area contributed by atoms with Gasteiger partial charge in [-0.2, -0.15) is 0 Å². The second-order valence-electron chi connectivity index (χ2n) is 3.39. The van der Waals surface area contributed by atoms with Gasteiger partial charge in [-0.25, -0.2) is 0 Å². The van der Waals surface area contributed by atoms with E-state index in [1.54, 1.807) is 7.85 Å². The van der Waals surface area contributed by atoms with Gasteiger partial charge in [0, 0.05) is 0 Å². The van der Waals surface area contributed by atoms with Gasteiger partial charge in [0.05, 0.1) is 5.68 Å². The minimum atomic E-state index is 0.354. The first-order chi connectivity index (χ1) is 4.79. The van der Waals surface area contributed by atoms with Crippen molar-refractivity contribution in [2.24, 2.45) is 5.92 Å². The maximum Gasteiger partial charge on any atom is 0.187 e. The summed E-state index contributed by atoms with van der Waals surface area (Å²) in [5, 5.41) is 0. The second-order valence-corrected chi connectivity index (χ2v) is 3.39. The van der Waals surface area contributed by atoms with Gasteiger partial charge < -0.3 is 4.79 Å². The van der Waals surface area contributed by atoms with Gasteiger partial charge in [0.25, 0.3) is 0 Å². The predicted octanol–water partition coefficient (Wildman–Crippen LogP) is 1.12. The summed E-state index contributed by atoms with van der Waals surface area (Å²) in [6.07, 6.45) is 7.48. The van der Waals surface area contributed by atoms with E-state index < -0.39 is 0 Å². The molecule has 0 amide bonds. The Labute approximate surface area is 63.6 Å². The van der Waals surface area contributed by atoms with Gasteiger partial charge in [0.2, 0.25) is 0 Å². The molecule has 1 aliphatic rings. The molecule has 1 saturated carbocycles. The summed E-state index contributed by atoms with van der Waals surface area (Å²) in [4.78, 5) is 10.6. The highest BCUT2D eigenvalue weighted by Gasteiger charge is 2.14. The average Bonchev–Trinajstić information content (AvgIpc) is 2.34. The number of hydrogen-bond donors (Lipinski definition) is 0. The van der Waals surface area contributed by atoms with Crippen molar-refractivity contribution in [3.63, 3.8) is 0 Å². The molecule has 0 radical (unpaired) electrons. The molecule has 56 valence electrons. The second kappa shape index (κ2) is 3.79. The third kappa shape index (κ3) is 2.55. The minimum absolute atomic E-state index is 0.354. The zero-order valence-electron chi connectivity index (χ0n) is 6.73. The quantitative estimate of drug-likeness (QED) is 0.534. The Morgan fingerprint density at radius 3 is 2.50 bits per heavy atom. The van der Waals surface area contributed by atoms with Crippen LogP contribution in [0.1, 0.15) is 38.5 Å². The largest absolute Gasteiger partial charge is 0.312 e. The molecule has 1 fully saturated rings. The van der Waals surface area contributed by atoms with Crippen LogP contribution >= 0.6 is 0 Å². The highest BCUT2D eigenvalue weighted by molar-refractivity contribution is 6.57. The number of carbonyl (C=O) groups is 1. The first kappa shape index (κ1) is 7.84. The SMILES string of the molecule is BC(=O)CCC1CCCC1. The molecule has 0 aliphatic heterocycles. The van der Waals surface area contributed by atoms with Gasteiger partial charge in [0.15, 0.2) is 7.85 Å². The van der Waals surface area contributed by atoms with Gasteiger partial charge in [-0.05, 0) is 18.8 Å². The van der Waals surface area contributed by atoms with Crippen molar-refractivity contribution in [3.8, 4) is 0 Å². The van der Waals surface area contributed by atoms with Crippen LogP contribution in [0.15, 0.2) is 0 Å². The molecule has 0 bridgehead atoms. The topological polar surface area (TPSA) is 17.1 Å². The monoisotopic (exact) mass is 138 g/mol. The van der Waals surface area contributed by atoms with Crippen LogP contribution in [0, 0.1) is 5.92 Å². The first-order valence-electron chi connectivity index (χ1n) is 4.28. The van der Waals surface area contributed by atoms with E-state index in [1.165, 1.54) is 25.7 Å². The molecule has 0 spiro atoms. The van der Waals surface area contributed by atoms with Crippen LogP contribution in [0.3, 0.4) is 0 Å². The van der Waals surface area contributed by atoms with Crippen molar-refractivity contribution in [2.75, 3.05) is 0 Å². The Bertz CT molecular complexity index is 116. The van der Waals surface area contributed by atoms with Crippen LogP contribution < -0.4 is 0 Å². The predicted molar refractivity (Wildman–Crippen MR) is 44.7 cm³/mol. The van der Waals surface area contributed by atoms with E-state index >= 15 is 0 Å². The molecule has 0 heterocycles. The van der Waals surface area contributed by atoms with Crippen molar-refractivity contribution in [1.82, 2.24) is 0 Å². The maximum atomic E-state index is 10.6. The van der Waals surface area contributed by atoms with Crippen LogP contribution in [0.25, 0.3) is 0 Å². The molecule has 0 unspecified atom stereocenters. The lowest BCUT2D eigenvalue weighted by atomic mass is 9.92. The van der Waals surface area contributed by atoms with Crippen molar-refractivity contribution >= 4 is 13.5 Å². The summed E-state index contributed by atoms with van der Waals surface area (Å²) < 4.78 is 0. The summed E-state index contributed by atoms with van der Waals surface area (Å²) in [6, 6.07) is 0. The van der Waals surface area contributed by atoms with Crippen LogP contribution in [0.2, 0.25) is 0 Å². The molecule has 1 nitrogen and oxygen atoms in total. The number of carbonyl (C=O) groups excluding carboxylic acids is 1. The Morgan fingerprint density at radius 1 is 1.40 bits per heavy atom. The van der Waals surface area contributed by atoms with Gasteiger partial charge >= 0.3 is 0 Å². The Balaban J connectivity index is 2.07. The molecule has 2 heteroatoms. The van der Waals surface area contributed by atoms with Gasteiger partial charge in [0.1, 0.15) is 0 Å². The highest BCUT2D eigenvalue weighted by atomic mass is 16.1. The van der Waals surface area contributed by atoms with Crippen molar-refractivity contribution in [1.29, 1.82) is 0 Å². The van der Waals surface area contributed by atoms with Gasteiger partial charge in [-0.15, -0.1) is 0 Å². The lowest BCUT2D eigenvalue weighted by Crippen LogP contribution is -2.00. The standard InChI is InChI=1S/C8H15BO/c9-8(10)6-5-7-3-1-2-4-7/h7H,1-6,9H2. The summed E-state index contributed by atoms with van der Waals surface area (Å²) in [6.45, 7) is 0. The van der Waals surface area contributed by atoms with E-state index in [2.05, 4.69) is 0 Å². The molecule has 0 aromatic carbocycles. The van der Waals surface area contributed by atoms with E-state index in [4.69, 9.17) is 0 Å². The van der Waals surface area contributed by atoms with Crippen molar-refractivity contribution in [2.45, 2.75) is 38.5 Å². The molecule has 0 saturated heterocycles. The van der Waals surface area contributed by atoms with Crippen LogP contribution in [-0.2, 0) is 4.79 Å². The first-order valence-corrected chi connectivity index (χ1v) is 4.28. The van der Waals surface area contributed by atoms with E-state index in [9.17, 15) is 4.79 Å². The Morgan fingerprint density at radius 2 is 2.00 bits per heavy atom. The van der Waals surface area contributed by atoms with Gasteiger partial charge in [-0.1, -0.05) is 25.7 Å². The maximum absolute atomic E-state index is 10.6. The number of hydrogen-bond acceptors (Lipinski definition) is 1. The summed E-state index contributed by atoms with van der Waals surface area (Å²) in [7, 11) is 1.69. The smallest absolute Gasteiger partial charge is 0.187 e. The minimum Gasteiger partial charge on any atom is -0.312 e. The highest BCUT2D eigenvalue weighted by Crippen LogP contribution is 2.28. The van der Waals surface area contributed by atoms with Crippen LogP contribution in [0.4, 0.5) is 0 Å². The molecule has 0 N–H and O–H groups in total. The molecule has 1 aliphatic carbocycles. The zero-order chi connectivity index (χ0) is 7.40. The van der Waals surface area contributed by atoms with Crippen molar-refractivity contribution < 1.29 is 4.79 Å². The van der Waals surface area contributed by atoms with Gasteiger partial charge in [-0.3, -0.25) is 0 Å². The Kier molecular flexibility index (Phi) is 2.97. The van der Waals surface area contributed by atoms with E-state index in [0.29, 0.717) is 5.68 Å². The third-order valence-electron chi connectivity index (χ3n) is 2.38. The molecule has 0 aromatic rings. The van der Waals surface area contributed by atoms with E-state index in [0.717, 1.165) is 18.8 Å². The Hall–Kier alpha value is -0.265. The zero-order valence-corrected chi connectivity index (χ0v) is 6.73. The summed E-state index contributed by atoms with van der Waals surface area (Å²) >= 11 is 0. The molecule has 10 heavy (non-hydrogen) atoms. The molecule has 1 rings (SSSR count). The van der Waals surface area contributed by atoms with Crippen molar-refractivity contribution in [3.05, 3.63) is 0 Å². The lowest BCUT2D eigenvalue weighted by molar-refractivity contribution is -0.112. The summed E-state index contributed by atoms with van der Waals surface area (Å²) in [5.74, 6) is 0.879. The van der Waals surface area contributed by atoms with Crippen LogP contribution in [0.5, 0.6) is 0 Å². The summed E-state index contributed by atoms with van der Waals surface area (Å²) in [5.41, 5.74) is 0.354. The number of rotatable bonds is 3.